The minimum absolute atomic E-state index is 0.186. The van der Waals surface area contributed by atoms with E-state index in [0.29, 0.717) is 22.3 Å². The van der Waals surface area contributed by atoms with Gasteiger partial charge in [-0.2, -0.15) is 5.10 Å². The minimum Gasteiger partial charge on any atom is -0.384 e. The molecule has 0 aliphatic rings. The molecule has 4 nitrogen and oxygen atoms in total. The van der Waals surface area contributed by atoms with E-state index in [1.165, 1.54) is 10.7 Å². The van der Waals surface area contributed by atoms with Gasteiger partial charge in [-0.3, -0.25) is 4.79 Å². The number of hydrogen-bond donors (Lipinski definition) is 1. The van der Waals surface area contributed by atoms with Crippen molar-refractivity contribution >= 4 is 28.9 Å². The lowest BCUT2D eigenvalue weighted by Crippen LogP contribution is -2.23. The predicted octanol–water partition coefficient (Wildman–Crippen LogP) is 3.03. The highest BCUT2D eigenvalue weighted by Gasteiger charge is 2.07. The van der Waals surface area contributed by atoms with Crippen molar-refractivity contribution in [1.82, 2.24) is 9.78 Å². The topological polar surface area (TPSA) is 46.9 Å². The van der Waals surface area contributed by atoms with Crippen LogP contribution >= 0.6 is 23.2 Å². The fourth-order valence-corrected chi connectivity index (χ4v) is 2.06. The molecular weight excluding hydrogens is 285 g/mol. The lowest BCUT2D eigenvalue weighted by molar-refractivity contribution is 0.640. The smallest absolute Gasteiger partial charge is 0.269 e. The van der Waals surface area contributed by atoms with Crippen molar-refractivity contribution < 1.29 is 0 Å². The van der Waals surface area contributed by atoms with Crippen molar-refractivity contribution in [1.29, 1.82) is 0 Å². The van der Waals surface area contributed by atoms with Crippen molar-refractivity contribution in [2.24, 2.45) is 0 Å². The molecule has 0 saturated carbocycles. The monoisotopic (exact) mass is 297 g/mol. The SMILES string of the molecule is CCNc1cnn(Cc2cccc(Cl)c2Cl)c(=O)c1. The summed E-state index contributed by atoms with van der Waals surface area (Å²) in [7, 11) is 0. The van der Waals surface area contributed by atoms with Gasteiger partial charge in [0.2, 0.25) is 0 Å². The summed E-state index contributed by atoms with van der Waals surface area (Å²) >= 11 is 12.0. The second-order valence-corrected chi connectivity index (χ2v) is 4.77. The first-order valence-electron chi connectivity index (χ1n) is 5.85. The molecule has 0 saturated heterocycles. The molecule has 0 bridgehead atoms. The van der Waals surface area contributed by atoms with Gasteiger partial charge in [-0.25, -0.2) is 4.68 Å². The van der Waals surface area contributed by atoms with E-state index in [0.717, 1.165) is 12.1 Å². The molecule has 19 heavy (non-hydrogen) atoms. The molecule has 1 aromatic heterocycles. The molecule has 100 valence electrons. The van der Waals surface area contributed by atoms with Crippen molar-refractivity contribution in [2.45, 2.75) is 13.5 Å². The van der Waals surface area contributed by atoms with Crippen LogP contribution in [0.5, 0.6) is 0 Å². The number of nitrogens with one attached hydrogen (secondary N) is 1. The zero-order valence-electron chi connectivity index (χ0n) is 10.4. The van der Waals surface area contributed by atoms with E-state index in [1.807, 2.05) is 13.0 Å². The summed E-state index contributed by atoms with van der Waals surface area (Å²) in [4.78, 5) is 11.9. The molecule has 0 fully saturated rings. The highest BCUT2D eigenvalue weighted by Crippen LogP contribution is 2.25. The summed E-state index contributed by atoms with van der Waals surface area (Å²) in [5.41, 5.74) is 1.29. The second kappa shape index (κ2) is 6.08. The van der Waals surface area contributed by atoms with Crippen LogP contribution in [-0.2, 0) is 6.54 Å². The number of rotatable bonds is 4. The van der Waals surface area contributed by atoms with Gasteiger partial charge in [0.1, 0.15) is 0 Å². The van der Waals surface area contributed by atoms with Gasteiger partial charge in [0.25, 0.3) is 5.56 Å². The predicted molar refractivity (Wildman–Crippen MR) is 78.2 cm³/mol. The van der Waals surface area contributed by atoms with Crippen LogP contribution in [0.3, 0.4) is 0 Å². The van der Waals surface area contributed by atoms with Crippen LogP contribution in [0.1, 0.15) is 12.5 Å². The Morgan fingerprint density at radius 2 is 2.16 bits per heavy atom. The molecule has 0 atom stereocenters. The summed E-state index contributed by atoms with van der Waals surface area (Å²) < 4.78 is 1.35. The summed E-state index contributed by atoms with van der Waals surface area (Å²) in [5.74, 6) is 0. The van der Waals surface area contributed by atoms with E-state index in [4.69, 9.17) is 23.2 Å². The van der Waals surface area contributed by atoms with Crippen LogP contribution in [0.2, 0.25) is 10.0 Å². The first kappa shape index (κ1) is 13.9. The van der Waals surface area contributed by atoms with Gasteiger partial charge in [0.15, 0.2) is 0 Å². The molecule has 1 heterocycles. The van der Waals surface area contributed by atoms with Crippen molar-refractivity contribution in [3.63, 3.8) is 0 Å². The number of anilines is 1. The average Bonchev–Trinajstić information content (AvgIpc) is 2.38. The van der Waals surface area contributed by atoms with Gasteiger partial charge in [0, 0.05) is 12.6 Å². The molecule has 0 spiro atoms. The number of halogens is 2. The third kappa shape index (κ3) is 3.28. The van der Waals surface area contributed by atoms with Crippen LogP contribution in [0.25, 0.3) is 0 Å². The normalized spacial score (nSPS) is 10.5. The Labute approximate surface area is 121 Å². The molecule has 1 N–H and O–H groups in total. The van der Waals surface area contributed by atoms with Gasteiger partial charge < -0.3 is 5.32 Å². The zero-order valence-corrected chi connectivity index (χ0v) is 11.9. The molecular formula is C13H13Cl2N3O. The number of hydrogen-bond acceptors (Lipinski definition) is 3. The molecule has 0 amide bonds. The van der Waals surface area contributed by atoms with E-state index in [1.54, 1.807) is 18.3 Å². The molecule has 2 aromatic rings. The van der Waals surface area contributed by atoms with Gasteiger partial charge in [0.05, 0.1) is 28.5 Å². The Bertz CT molecular complexity index is 640. The van der Waals surface area contributed by atoms with E-state index in [-0.39, 0.29) is 5.56 Å². The summed E-state index contributed by atoms with van der Waals surface area (Å²) in [6.07, 6.45) is 1.61. The van der Waals surface area contributed by atoms with E-state index in [9.17, 15) is 4.79 Å². The lowest BCUT2D eigenvalue weighted by atomic mass is 10.2. The van der Waals surface area contributed by atoms with Gasteiger partial charge >= 0.3 is 0 Å². The Morgan fingerprint density at radius 1 is 1.37 bits per heavy atom. The molecule has 2 rings (SSSR count). The van der Waals surface area contributed by atoms with E-state index in [2.05, 4.69) is 10.4 Å². The zero-order chi connectivity index (χ0) is 13.8. The number of nitrogens with zero attached hydrogens (tertiary/aromatic N) is 2. The third-order valence-corrected chi connectivity index (χ3v) is 3.46. The Hall–Kier alpha value is -1.52. The number of benzene rings is 1. The largest absolute Gasteiger partial charge is 0.384 e. The average molecular weight is 298 g/mol. The fraction of sp³-hybridized carbons (Fsp3) is 0.231. The molecule has 0 unspecified atom stereocenters. The molecule has 0 aliphatic carbocycles. The van der Waals surface area contributed by atoms with Gasteiger partial charge in [-0.05, 0) is 18.6 Å². The summed E-state index contributed by atoms with van der Waals surface area (Å²) in [6, 6.07) is 6.83. The minimum atomic E-state index is -0.186. The van der Waals surface area contributed by atoms with Crippen LogP contribution in [-0.4, -0.2) is 16.3 Å². The van der Waals surface area contributed by atoms with Crippen LogP contribution in [0.15, 0.2) is 35.3 Å². The van der Waals surface area contributed by atoms with Crippen molar-refractivity contribution in [2.75, 3.05) is 11.9 Å². The van der Waals surface area contributed by atoms with E-state index < -0.39 is 0 Å². The first-order valence-corrected chi connectivity index (χ1v) is 6.61. The molecule has 0 radical (unpaired) electrons. The Balaban J connectivity index is 2.29. The second-order valence-electron chi connectivity index (χ2n) is 3.98. The lowest BCUT2D eigenvalue weighted by Gasteiger charge is -2.08. The fourth-order valence-electron chi connectivity index (χ4n) is 1.69. The van der Waals surface area contributed by atoms with Gasteiger partial charge in [-0.15, -0.1) is 0 Å². The Kier molecular flexibility index (Phi) is 4.45. The molecule has 6 heteroatoms. The summed E-state index contributed by atoms with van der Waals surface area (Å²) in [6.45, 7) is 2.99. The standard InChI is InChI=1S/C13H13Cl2N3O/c1-2-16-10-6-12(19)18(17-7-10)8-9-4-3-5-11(14)13(9)15/h3-7,16H,2,8H2,1H3. The van der Waals surface area contributed by atoms with E-state index >= 15 is 0 Å². The van der Waals surface area contributed by atoms with Crippen LogP contribution < -0.4 is 10.9 Å². The quantitative estimate of drug-likeness (QED) is 0.943. The maximum Gasteiger partial charge on any atom is 0.269 e. The highest BCUT2D eigenvalue weighted by molar-refractivity contribution is 6.42. The maximum atomic E-state index is 11.9. The van der Waals surface area contributed by atoms with Gasteiger partial charge in [-0.1, -0.05) is 35.3 Å². The van der Waals surface area contributed by atoms with Crippen molar-refractivity contribution in [3.8, 4) is 0 Å². The summed E-state index contributed by atoms with van der Waals surface area (Å²) in [5, 5.41) is 8.06. The van der Waals surface area contributed by atoms with Crippen molar-refractivity contribution in [3.05, 3.63) is 56.4 Å². The van der Waals surface area contributed by atoms with Crippen LogP contribution in [0, 0.1) is 0 Å². The Morgan fingerprint density at radius 3 is 2.84 bits per heavy atom. The maximum absolute atomic E-state index is 11.9. The molecule has 0 aliphatic heterocycles. The van der Waals surface area contributed by atoms with Crippen LogP contribution in [0.4, 0.5) is 5.69 Å². The molecule has 1 aromatic carbocycles. The third-order valence-electron chi connectivity index (χ3n) is 2.60. The first-order chi connectivity index (χ1) is 9.11. The number of aromatic nitrogens is 2. The highest BCUT2D eigenvalue weighted by atomic mass is 35.5.